The van der Waals surface area contributed by atoms with E-state index in [1.165, 1.54) is 6.20 Å². The van der Waals surface area contributed by atoms with Crippen LogP contribution in [-0.2, 0) is 4.74 Å². The van der Waals surface area contributed by atoms with E-state index in [9.17, 15) is 4.79 Å². The van der Waals surface area contributed by atoms with Crippen molar-refractivity contribution in [3.8, 4) is 17.0 Å². The predicted molar refractivity (Wildman–Crippen MR) is 105 cm³/mol. The fraction of sp³-hybridized carbons (Fsp3) is 0.400. The lowest BCUT2D eigenvalue weighted by atomic mass is 10.2. The van der Waals surface area contributed by atoms with Crippen molar-refractivity contribution < 1.29 is 14.6 Å². The molecule has 4 rings (SSSR count). The molecule has 8 nitrogen and oxygen atoms in total. The number of ether oxygens (including phenoxy) is 1. The van der Waals surface area contributed by atoms with Gasteiger partial charge in [-0.05, 0) is 45.7 Å². The van der Waals surface area contributed by atoms with Crippen molar-refractivity contribution >= 4 is 11.7 Å². The molecule has 148 valence electrons. The van der Waals surface area contributed by atoms with Crippen LogP contribution in [-0.4, -0.2) is 54.4 Å². The second-order valence-electron chi connectivity index (χ2n) is 7.55. The van der Waals surface area contributed by atoms with Gasteiger partial charge in [-0.2, -0.15) is 5.10 Å². The SMILES string of the molecule is CC(C)(C)OC(=O)N1CCCC1.Oc1ccc(-c2cnc3ccnn3c2)nc1. The molecule has 0 spiro atoms. The van der Waals surface area contributed by atoms with E-state index < -0.39 is 0 Å². The van der Waals surface area contributed by atoms with E-state index in [-0.39, 0.29) is 17.4 Å². The van der Waals surface area contributed by atoms with Crippen LogP contribution in [0.5, 0.6) is 5.75 Å². The van der Waals surface area contributed by atoms with Gasteiger partial charge in [0, 0.05) is 37.1 Å². The Morgan fingerprint density at radius 2 is 1.86 bits per heavy atom. The van der Waals surface area contributed by atoms with Gasteiger partial charge in [0.2, 0.25) is 0 Å². The van der Waals surface area contributed by atoms with Gasteiger partial charge in [0.1, 0.15) is 11.4 Å². The van der Waals surface area contributed by atoms with Gasteiger partial charge in [-0.25, -0.2) is 14.3 Å². The Balaban J connectivity index is 0.000000169. The smallest absolute Gasteiger partial charge is 0.410 e. The molecular formula is C20H25N5O3. The lowest BCUT2D eigenvalue weighted by Gasteiger charge is -2.23. The Labute approximate surface area is 163 Å². The van der Waals surface area contributed by atoms with Gasteiger partial charge >= 0.3 is 6.09 Å². The highest BCUT2D eigenvalue weighted by molar-refractivity contribution is 5.68. The summed E-state index contributed by atoms with van der Waals surface area (Å²) in [4.78, 5) is 21.5. The molecule has 0 bridgehead atoms. The maximum atomic E-state index is 11.4. The molecule has 0 radical (unpaired) electrons. The summed E-state index contributed by atoms with van der Waals surface area (Å²) in [5.41, 5.74) is 2.04. The Morgan fingerprint density at radius 1 is 1.11 bits per heavy atom. The number of fused-ring (bicyclic) bond motifs is 1. The van der Waals surface area contributed by atoms with E-state index in [1.54, 1.807) is 33.9 Å². The van der Waals surface area contributed by atoms with Gasteiger partial charge in [0.05, 0.1) is 18.1 Å². The van der Waals surface area contributed by atoms with Gasteiger partial charge in [-0.3, -0.25) is 4.98 Å². The highest BCUT2D eigenvalue weighted by Gasteiger charge is 2.23. The highest BCUT2D eigenvalue weighted by Crippen LogP contribution is 2.18. The normalized spacial score (nSPS) is 13.9. The minimum absolute atomic E-state index is 0.150. The van der Waals surface area contributed by atoms with E-state index in [1.807, 2.05) is 33.0 Å². The van der Waals surface area contributed by atoms with Gasteiger partial charge in [0.15, 0.2) is 5.65 Å². The second-order valence-corrected chi connectivity index (χ2v) is 7.55. The molecule has 1 amide bonds. The minimum Gasteiger partial charge on any atom is -0.506 e. The summed E-state index contributed by atoms with van der Waals surface area (Å²) < 4.78 is 6.89. The Morgan fingerprint density at radius 3 is 2.50 bits per heavy atom. The van der Waals surface area contributed by atoms with Crippen molar-refractivity contribution in [2.75, 3.05) is 13.1 Å². The largest absolute Gasteiger partial charge is 0.506 e. The summed E-state index contributed by atoms with van der Waals surface area (Å²) >= 11 is 0. The number of amides is 1. The first-order valence-corrected chi connectivity index (χ1v) is 9.24. The van der Waals surface area contributed by atoms with Crippen LogP contribution in [0.3, 0.4) is 0 Å². The average molecular weight is 383 g/mol. The molecule has 28 heavy (non-hydrogen) atoms. The van der Waals surface area contributed by atoms with Crippen LogP contribution in [0.1, 0.15) is 33.6 Å². The Bertz CT molecular complexity index is 925. The number of carbonyl (C=O) groups excluding carboxylic acids is 1. The molecule has 1 aliphatic rings. The van der Waals surface area contributed by atoms with Crippen LogP contribution in [0.2, 0.25) is 0 Å². The molecule has 1 aliphatic heterocycles. The molecule has 4 heterocycles. The van der Waals surface area contributed by atoms with Crippen molar-refractivity contribution in [2.45, 2.75) is 39.2 Å². The summed E-state index contributed by atoms with van der Waals surface area (Å²) in [5, 5.41) is 13.2. The number of pyridine rings is 1. The average Bonchev–Trinajstić information content (AvgIpc) is 3.33. The van der Waals surface area contributed by atoms with E-state index >= 15 is 0 Å². The molecule has 0 aliphatic carbocycles. The Hall–Kier alpha value is -3.16. The molecule has 1 N–H and O–H groups in total. The van der Waals surface area contributed by atoms with Gasteiger partial charge < -0.3 is 14.7 Å². The molecule has 0 aromatic carbocycles. The molecule has 0 saturated carbocycles. The van der Waals surface area contributed by atoms with Crippen LogP contribution in [0.25, 0.3) is 16.9 Å². The standard InChI is InChI=1S/C11H8N4O.C9H17NO2/c16-9-1-2-10(12-6-9)8-5-13-11-3-4-14-15(11)7-8;1-9(2,3)12-8(11)10-6-4-5-7-10/h1-7,16H;4-7H2,1-3H3. The third-order valence-electron chi connectivity index (χ3n) is 4.05. The van der Waals surface area contributed by atoms with Crippen LogP contribution < -0.4 is 0 Å². The zero-order valence-corrected chi connectivity index (χ0v) is 16.4. The van der Waals surface area contributed by atoms with Crippen molar-refractivity contribution in [1.82, 2.24) is 24.5 Å². The molecule has 8 heteroatoms. The van der Waals surface area contributed by atoms with Crippen molar-refractivity contribution in [3.05, 3.63) is 43.0 Å². The summed E-state index contributed by atoms with van der Waals surface area (Å²) in [6, 6.07) is 5.16. The van der Waals surface area contributed by atoms with Crippen LogP contribution in [0.15, 0.2) is 43.0 Å². The maximum absolute atomic E-state index is 11.4. The van der Waals surface area contributed by atoms with E-state index in [0.717, 1.165) is 42.8 Å². The molecule has 1 saturated heterocycles. The predicted octanol–water partition coefficient (Wildman–Crippen LogP) is 3.51. The van der Waals surface area contributed by atoms with E-state index in [0.29, 0.717) is 0 Å². The lowest BCUT2D eigenvalue weighted by molar-refractivity contribution is 0.0295. The number of rotatable bonds is 1. The summed E-state index contributed by atoms with van der Waals surface area (Å²) in [6.45, 7) is 7.38. The highest BCUT2D eigenvalue weighted by atomic mass is 16.6. The first-order valence-electron chi connectivity index (χ1n) is 9.24. The quantitative estimate of drug-likeness (QED) is 0.691. The molecule has 3 aromatic rings. The molecule has 0 unspecified atom stereocenters. The van der Waals surface area contributed by atoms with Gasteiger partial charge in [-0.1, -0.05) is 0 Å². The number of nitrogens with zero attached hydrogens (tertiary/aromatic N) is 5. The van der Waals surface area contributed by atoms with E-state index in [4.69, 9.17) is 9.84 Å². The first-order chi connectivity index (χ1) is 13.3. The molecule has 1 fully saturated rings. The fourth-order valence-electron chi connectivity index (χ4n) is 2.73. The molecule has 0 atom stereocenters. The lowest BCUT2D eigenvalue weighted by Crippen LogP contribution is -2.34. The van der Waals surface area contributed by atoms with Crippen molar-refractivity contribution in [3.63, 3.8) is 0 Å². The third kappa shape index (κ3) is 5.18. The third-order valence-corrected chi connectivity index (χ3v) is 4.05. The van der Waals surface area contributed by atoms with Crippen molar-refractivity contribution in [2.24, 2.45) is 0 Å². The van der Waals surface area contributed by atoms with Crippen LogP contribution in [0.4, 0.5) is 4.79 Å². The molecular weight excluding hydrogens is 358 g/mol. The summed E-state index contributed by atoms with van der Waals surface area (Å²) in [5.74, 6) is 0.150. The maximum Gasteiger partial charge on any atom is 0.410 e. The first kappa shape index (κ1) is 19.6. The number of aromatic hydroxyl groups is 1. The number of likely N-dealkylation sites (tertiary alicyclic amines) is 1. The zero-order valence-electron chi connectivity index (χ0n) is 16.4. The number of aromatic nitrogens is 4. The monoisotopic (exact) mass is 383 g/mol. The number of hydrogen-bond acceptors (Lipinski definition) is 6. The number of hydrogen-bond donors (Lipinski definition) is 1. The Kier molecular flexibility index (Phi) is 5.77. The van der Waals surface area contributed by atoms with Crippen LogP contribution >= 0.6 is 0 Å². The zero-order chi connectivity index (χ0) is 20.1. The van der Waals surface area contributed by atoms with Crippen LogP contribution in [0, 0.1) is 0 Å². The summed E-state index contributed by atoms with van der Waals surface area (Å²) in [6.07, 6.45) is 8.73. The fourth-order valence-corrected chi connectivity index (χ4v) is 2.73. The topological polar surface area (TPSA) is 92.8 Å². The van der Waals surface area contributed by atoms with Gasteiger partial charge in [0.25, 0.3) is 0 Å². The van der Waals surface area contributed by atoms with Crippen molar-refractivity contribution in [1.29, 1.82) is 0 Å². The minimum atomic E-state index is -0.361. The molecule has 3 aromatic heterocycles. The number of carbonyl (C=O) groups is 1. The summed E-state index contributed by atoms with van der Waals surface area (Å²) in [7, 11) is 0. The van der Waals surface area contributed by atoms with Gasteiger partial charge in [-0.15, -0.1) is 0 Å². The van der Waals surface area contributed by atoms with E-state index in [2.05, 4.69) is 15.1 Å². The second kappa shape index (κ2) is 8.24.